The molecule has 0 atom stereocenters. The Hall–Kier alpha value is -1.86. The highest BCUT2D eigenvalue weighted by Crippen LogP contribution is 2.15. The fraction of sp³-hybridized carbons (Fsp3) is 0.294. The quantitative estimate of drug-likeness (QED) is 0.505. The van der Waals surface area contributed by atoms with E-state index in [2.05, 4.69) is 55.9 Å². The molecule has 0 spiro atoms. The van der Waals surface area contributed by atoms with Crippen LogP contribution in [0, 0.1) is 6.92 Å². The molecule has 7 heteroatoms. The summed E-state index contributed by atoms with van der Waals surface area (Å²) in [6.45, 7) is 3.33. The van der Waals surface area contributed by atoms with E-state index < -0.39 is 0 Å². The topological polar surface area (TPSA) is 65.5 Å². The van der Waals surface area contributed by atoms with E-state index in [0.29, 0.717) is 18.9 Å². The van der Waals surface area contributed by atoms with Crippen molar-refractivity contribution in [1.29, 1.82) is 0 Å². The lowest BCUT2D eigenvalue weighted by Gasteiger charge is -2.11. The summed E-state index contributed by atoms with van der Waals surface area (Å²) < 4.78 is 0.984. The van der Waals surface area contributed by atoms with Crippen molar-refractivity contribution in [2.45, 2.75) is 19.9 Å². The van der Waals surface area contributed by atoms with Gasteiger partial charge in [-0.15, -0.1) is 11.3 Å². The predicted molar refractivity (Wildman–Crippen MR) is 105 cm³/mol. The number of nitrogens with one attached hydrogen (secondary N) is 3. The molecule has 2 rings (SSSR count). The number of hydrogen-bond donors (Lipinski definition) is 3. The maximum absolute atomic E-state index is 11.9. The maximum atomic E-state index is 11.9. The van der Waals surface area contributed by atoms with Crippen LogP contribution < -0.4 is 16.0 Å². The number of amides is 1. The number of hydrogen-bond acceptors (Lipinski definition) is 3. The monoisotopic (exact) mass is 408 g/mol. The van der Waals surface area contributed by atoms with Crippen LogP contribution in [0.3, 0.4) is 0 Å². The largest absolute Gasteiger partial charge is 0.356 e. The summed E-state index contributed by atoms with van der Waals surface area (Å²) in [4.78, 5) is 18.6. The van der Waals surface area contributed by atoms with Gasteiger partial charge in [-0.3, -0.25) is 9.79 Å². The molecule has 0 bridgehead atoms. The zero-order valence-electron chi connectivity index (χ0n) is 13.7. The average molecular weight is 409 g/mol. The minimum atomic E-state index is -0.0332. The van der Waals surface area contributed by atoms with Gasteiger partial charge < -0.3 is 16.0 Å². The van der Waals surface area contributed by atoms with Gasteiger partial charge in [0.2, 0.25) is 5.91 Å². The van der Waals surface area contributed by atoms with Crippen LogP contribution in [0.4, 0.5) is 5.69 Å². The van der Waals surface area contributed by atoms with E-state index in [1.54, 1.807) is 18.4 Å². The van der Waals surface area contributed by atoms with Crippen molar-refractivity contribution in [2.24, 2.45) is 4.99 Å². The molecule has 1 amide bonds. The number of thiophene rings is 1. The van der Waals surface area contributed by atoms with E-state index in [1.165, 1.54) is 9.75 Å². The lowest BCUT2D eigenvalue weighted by Crippen LogP contribution is -2.38. The van der Waals surface area contributed by atoms with Gasteiger partial charge in [-0.2, -0.15) is 0 Å². The Kier molecular flexibility index (Phi) is 7.27. The maximum Gasteiger partial charge on any atom is 0.226 e. The standard InChI is InChI=1S/C17H21BrN4OS/c1-12-3-8-15(24-12)11-21-17(19-2)20-10-9-16(23)22-14-6-4-13(18)5-7-14/h3-8H,9-11H2,1-2H3,(H,22,23)(H2,19,20,21). The zero-order chi connectivity index (χ0) is 17.4. The van der Waals surface area contributed by atoms with Gasteiger partial charge in [-0.05, 0) is 43.3 Å². The second kappa shape index (κ2) is 9.44. The molecule has 24 heavy (non-hydrogen) atoms. The van der Waals surface area contributed by atoms with E-state index in [1.807, 2.05) is 24.3 Å². The van der Waals surface area contributed by atoms with Crippen molar-refractivity contribution in [2.75, 3.05) is 18.9 Å². The van der Waals surface area contributed by atoms with Crippen LogP contribution >= 0.6 is 27.3 Å². The molecule has 0 unspecified atom stereocenters. The molecule has 0 saturated carbocycles. The molecule has 128 valence electrons. The smallest absolute Gasteiger partial charge is 0.226 e. The first kappa shape index (κ1) is 18.5. The minimum Gasteiger partial charge on any atom is -0.356 e. The summed E-state index contributed by atoms with van der Waals surface area (Å²) in [5.74, 6) is 0.659. The molecule has 0 aliphatic heterocycles. The minimum absolute atomic E-state index is 0.0332. The molecule has 1 aromatic carbocycles. The van der Waals surface area contributed by atoms with Crippen molar-refractivity contribution >= 4 is 44.8 Å². The summed E-state index contributed by atoms with van der Waals surface area (Å²) in [7, 11) is 1.72. The van der Waals surface area contributed by atoms with Gasteiger partial charge in [0.1, 0.15) is 0 Å². The van der Waals surface area contributed by atoms with Crippen molar-refractivity contribution in [3.05, 3.63) is 50.6 Å². The van der Waals surface area contributed by atoms with Gasteiger partial charge in [-0.1, -0.05) is 15.9 Å². The van der Waals surface area contributed by atoms with Gasteiger partial charge in [0, 0.05) is 39.9 Å². The van der Waals surface area contributed by atoms with E-state index in [4.69, 9.17) is 0 Å². The van der Waals surface area contributed by atoms with Crippen LogP contribution in [0.5, 0.6) is 0 Å². The fourth-order valence-corrected chi connectivity index (χ4v) is 3.12. The van der Waals surface area contributed by atoms with Crippen molar-refractivity contribution in [3.8, 4) is 0 Å². The van der Waals surface area contributed by atoms with Gasteiger partial charge in [0.15, 0.2) is 5.96 Å². The Morgan fingerprint density at radius 3 is 2.54 bits per heavy atom. The third-order valence-corrected chi connectivity index (χ3v) is 4.75. The number of anilines is 1. The molecular weight excluding hydrogens is 388 g/mol. The summed E-state index contributed by atoms with van der Waals surface area (Å²) in [5.41, 5.74) is 0.791. The molecule has 0 radical (unpaired) electrons. The molecule has 1 heterocycles. The van der Waals surface area contributed by atoms with Crippen LogP contribution in [0.25, 0.3) is 0 Å². The number of nitrogens with zero attached hydrogens (tertiary/aromatic N) is 1. The SMILES string of the molecule is CN=C(NCCC(=O)Nc1ccc(Br)cc1)NCc1ccc(C)s1. The van der Waals surface area contributed by atoms with Crippen molar-refractivity contribution in [3.63, 3.8) is 0 Å². The fourth-order valence-electron chi connectivity index (χ4n) is 2.02. The van der Waals surface area contributed by atoms with Gasteiger partial charge in [0.25, 0.3) is 0 Å². The first-order valence-electron chi connectivity index (χ1n) is 7.62. The molecular formula is C17H21BrN4OS. The lowest BCUT2D eigenvalue weighted by molar-refractivity contribution is -0.116. The molecule has 0 fully saturated rings. The molecule has 1 aromatic heterocycles. The molecule has 3 N–H and O–H groups in total. The summed E-state index contributed by atoms with van der Waals surface area (Å²) in [6.07, 6.45) is 0.370. The highest BCUT2D eigenvalue weighted by molar-refractivity contribution is 9.10. The van der Waals surface area contributed by atoms with Crippen LogP contribution in [0.2, 0.25) is 0 Å². The number of guanidine groups is 1. The number of aryl methyl sites for hydroxylation is 1. The van der Waals surface area contributed by atoms with E-state index in [9.17, 15) is 4.79 Å². The summed E-state index contributed by atoms with van der Waals surface area (Å²) in [6, 6.07) is 11.7. The molecule has 0 saturated heterocycles. The third-order valence-electron chi connectivity index (χ3n) is 3.22. The van der Waals surface area contributed by atoms with Crippen LogP contribution in [-0.4, -0.2) is 25.5 Å². The van der Waals surface area contributed by atoms with Crippen LogP contribution in [0.15, 0.2) is 45.9 Å². The zero-order valence-corrected chi connectivity index (χ0v) is 16.1. The predicted octanol–water partition coefficient (Wildman–Crippen LogP) is 3.51. The number of aliphatic imine (C=N–C) groups is 1. The van der Waals surface area contributed by atoms with Crippen molar-refractivity contribution < 1.29 is 4.79 Å². The van der Waals surface area contributed by atoms with Crippen LogP contribution in [0.1, 0.15) is 16.2 Å². The molecule has 2 aromatic rings. The number of halogens is 1. The number of benzene rings is 1. The van der Waals surface area contributed by atoms with E-state index in [-0.39, 0.29) is 5.91 Å². The first-order valence-corrected chi connectivity index (χ1v) is 9.23. The Morgan fingerprint density at radius 1 is 1.17 bits per heavy atom. The van der Waals surface area contributed by atoms with Gasteiger partial charge >= 0.3 is 0 Å². The second-order valence-corrected chi connectivity index (χ2v) is 7.46. The summed E-state index contributed by atoms with van der Waals surface area (Å²) >= 11 is 5.13. The van der Waals surface area contributed by atoms with Gasteiger partial charge in [-0.25, -0.2) is 0 Å². The Bertz CT molecular complexity index is 697. The lowest BCUT2D eigenvalue weighted by atomic mass is 10.3. The van der Waals surface area contributed by atoms with Crippen molar-refractivity contribution in [1.82, 2.24) is 10.6 Å². The number of carbonyl (C=O) groups excluding carboxylic acids is 1. The number of carbonyl (C=O) groups is 1. The highest BCUT2D eigenvalue weighted by atomic mass is 79.9. The van der Waals surface area contributed by atoms with E-state index >= 15 is 0 Å². The average Bonchev–Trinajstić information content (AvgIpc) is 2.98. The molecule has 5 nitrogen and oxygen atoms in total. The first-order chi connectivity index (χ1) is 11.6. The van der Waals surface area contributed by atoms with E-state index in [0.717, 1.165) is 16.7 Å². The van der Waals surface area contributed by atoms with Gasteiger partial charge in [0.05, 0.1) is 6.54 Å². The molecule has 0 aliphatic rings. The second-order valence-electron chi connectivity index (χ2n) is 5.17. The third kappa shape index (κ3) is 6.33. The summed E-state index contributed by atoms with van der Waals surface area (Å²) in [5, 5.41) is 9.25. The highest BCUT2D eigenvalue weighted by Gasteiger charge is 2.04. The Morgan fingerprint density at radius 2 is 1.92 bits per heavy atom. The van der Waals surface area contributed by atoms with Crippen LogP contribution in [-0.2, 0) is 11.3 Å². The normalized spacial score (nSPS) is 11.2. The Balaban J connectivity index is 1.69. The number of rotatable bonds is 6. The Labute approximate surface area is 154 Å². The molecule has 0 aliphatic carbocycles.